The Morgan fingerprint density at radius 1 is 1.08 bits per heavy atom. The first-order valence-electron chi connectivity index (χ1n) is 6.81. The molecular formula is C15H9N5O4. The van der Waals surface area contributed by atoms with E-state index in [-0.39, 0.29) is 28.2 Å². The Balaban J connectivity index is 1.81. The van der Waals surface area contributed by atoms with E-state index < -0.39 is 11.4 Å². The summed E-state index contributed by atoms with van der Waals surface area (Å²) in [6, 6.07) is 5.55. The van der Waals surface area contributed by atoms with Crippen molar-refractivity contribution in [3.63, 3.8) is 0 Å². The van der Waals surface area contributed by atoms with Gasteiger partial charge in [0.1, 0.15) is 12.0 Å². The summed E-state index contributed by atoms with van der Waals surface area (Å²) < 4.78 is 6.79. The molecule has 0 radical (unpaired) electrons. The molecule has 0 amide bonds. The van der Waals surface area contributed by atoms with Gasteiger partial charge in [0, 0.05) is 24.5 Å². The first kappa shape index (κ1) is 13.9. The van der Waals surface area contributed by atoms with Crippen LogP contribution in [-0.4, -0.2) is 34.9 Å². The maximum absolute atomic E-state index is 12.0. The molecule has 0 atom stereocenters. The monoisotopic (exact) mass is 323 g/mol. The zero-order chi connectivity index (χ0) is 16.7. The molecule has 9 nitrogen and oxygen atoms in total. The van der Waals surface area contributed by atoms with Crippen molar-refractivity contribution in [2.45, 2.75) is 0 Å². The molecule has 3 heterocycles. The summed E-state index contributed by atoms with van der Waals surface area (Å²) >= 11 is 0. The van der Waals surface area contributed by atoms with Gasteiger partial charge in [0.2, 0.25) is 0 Å². The normalized spacial score (nSPS) is 11.0. The van der Waals surface area contributed by atoms with Crippen LogP contribution in [0.1, 0.15) is 0 Å². The quantitative estimate of drug-likeness (QED) is 0.527. The maximum Gasteiger partial charge on any atom is 0.347 e. The molecule has 0 saturated heterocycles. The van der Waals surface area contributed by atoms with Gasteiger partial charge in [0.05, 0.1) is 10.9 Å². The highest BCUT2D eigenvalue weighted by Gasteiger charge is 2.13. The molecule has 3 aromatic heterocycles. The van der Waals surface area contributed by atoms with Crippen LogP contribution in [-0.2, 0) is 0 Å². The van der Waals surface area contributed by atoms with Gasteiger partial charge in [-0.25, -0.2) is 14.8 Å². The fourth-order valence-corrected chi connectivity index (χ4v) is 2.18. The SMILES string of the molecule is O=c1oc(-c2ccc(-n3ccnc3)nn2)nc2cc(O)c(O)cc12. The van der Waals surface area contributed by atoms with Crippen LogP contribution in [0.15, 0.2) is 52.2 Å². The van der Waals surface area contributed by atoms with E-state index in [1.54, 1.807) is 35.4 Å². The highest BCUT2D eigenvalue weighted by Crippen LogP contribution is 2.28. The fraction of sp³-hybridized carbons (Fsp3) is 0. The standard InChI is InChI=1S/C15H9N5O4/c21-11-5-8-10(6-12(11)22)17-14(24-15(8)23)9-1-2-13(19-18-9)20-4-3-16-7-20/h1-7,21-22H. The predicted molar refractivity (Wildman–Crippen MR) is 81.8 cm³/mol. The topological polar surface area (TPSA) is 127 Å². The Morgan fingerprint density at radius 3 is 2.62 bits per heavy atom. The van der Waals surface area contributed by atoms with Crippen LogP contribution >= 0.6 is 0 Å². The van der Waals surface area contributed by atoms with Gasteiger partial charge in [-0.05, 0) is 12.1 Å². The second-order valence-electron chi connectivity index (χ2n) is 4.91. The molecule has 0 unspecified atom stereocenters. The summed E-state index contributed by atoms with van der Waals surface area (Å²) in [6.07, 6.45) is 4.90. The molecule has 1 aromatic carbocycles. The minimum Gasteiger partial charge on any atom is -0.504 e. The highest BCUT2D eigenvalue weighted by atomic mass is 16.4. The van der Waals surface area contributed by atoms with Gasteiger partial charge in [-0.2, -0.15) is 0 Å². The van der Waals surface area contributed by atoms with Crippen LogP contribution in [0, 0.1) is 0 Å². The Morgan fingerprint density at radius 2 is 1.92 bits per heavy atom. The summed E-state index contributed by atoms with van der Waals surface area (Å²) in [7, 11) is 0. The second-order valence-corrected chi connectivity index (χ2v) is 4.91. The summed E-state index contributed by atoms with van der Waals surface area (Å²) in [4.78, 5) is 20.1. The molecule has 4 aromatic rings. The molecule has 0 saturated carbocycles. The zero-order valence-electron chi connectivity index (χ0n) is 12.0. The zero-order valence-corrected chi connectivity index (χ0v) is 12.0. The minimum atomic E-state index is -0.703. The number of aromatic hydroxyl groups is 2. The number of rotatable bonds is 2. The van der Waals surface area contributed by atoms with Crippen LogP contribution in [0.5, 0.6) is 11.5 Å². The lowest BCUT2D eigenvalue weighted by atomic mass is 10.2. The number of imidazole rings is 1. The van der Waals surface area contributed by atoms with Gasteiger partial charge in [-0.3, -0.25) is 4.57 Å². The number of benzene rings is 1. The molecule has 0 aliphatic heterocycles. The van der Waals surface area contributed by atoms with Crippen molar-refractivity contribution in [2.24, 2.45) is 0 Å². The van der Waals surface area contributed by atoms with Gasteiger partial charge in [-0.15, -0.1) is 10.2 Å². The fourth-order valence-electron chi connectivity index (χ4n) is 2.18. The Hall–Kier alpha value is -3.75. The number of phenols is 2. The molecule has 118 valence electrons. The highest BCUT2D eigenvalue weighted by molar-refractivity contribution is 5.82. The average Bonchev–Trinajstić information content (AvgIpc) is 3.11. The second kappa shape index (κ2) is 5.16. The predicted octanol–water partition coefficient (Wildman–Crippen LogP) is 1.24. The summed E-state index contributed by atoms with van der Waals surface area (Å²) in [6.45, 7) is 0. The van der Waals surface area contributed by atoms with Crippen LogP contribution in [0.25, 0.3) is 28.3 Å². The van der Waals surface area contributed by atoms with Gasteiger partial charge < -0.3 is 14.6 Å². The van der Waals surface area contributed by atoms with Crippen molar-refractivity contribution < 1.29 is 14.6 Å². The molecule has 0 fully saturated rings. The molecular weight excluding hydrogens is 314 g/mol. The largest absolute Gasteiger partial charge is 0.504 e. The van der Waals surface area contributed by atoms with E-state index in [1.807, 2.05) is 0 Å². The van der Waals surface area contributed by atoms with Crippen molar-refractivity contribution in [3.05, 3.63) is 53.4 Å². The van der Waals surface area contributed by atoms with Crippen molar-refractivity contribution in [1.82, 2.24) is 24.7 Å². The van der Waals surface area contributed by atoms with Crippen LogP contribution in [0.4, 0.5) is 0 Å². The van der Waals surface area contributed by atoms with Gasteiger partial charge in [-0.1, -0.05) is 0 Å². The number of nitrogens with zero attached hydrogens (tertiary/aromatic N) is 5. The lowest BCUT2D eigenvalue weighted by molar-refractivity contribution is 0.404. The van der Waals surface area contributed by atoms with E-state index >= 15 is 0 Å². The first-order valence-corrected chi connectivity index (χ1v) is 6.81. The number of hydrogen-bond acceptors (Lipinski definition) is 8. The number of phenolic OH excluding ortho intramolecular Hbond substituents is 2. The van der Waals surface area contributed by atoms with Gasteiger partial charge >= 0.3 is 5.63 Å². The third-order valence-corrected chi connectivity index (χ3v) is 3.36. The molecule has 0 spiro atoms. The van der Waals surface area contributed by atoms with Gasteiger partial charge in [0.15, 0.2) is 17.3 Å². The maximum atomic E-state index is 12.0. The number of fused-ring (bicyclic) bond motifs is 1. The third-order valence-electron chi connectivity index (χ3n) is 3.36. The average molecular weight is 323 g/mol. The van der Waals surface area contributed by atoms with Crippen LogP contribution in [0.3, 0.4) is 0 Å². The summed E-state index contributed by atoms with van der Waals surface area (Å²) in [5.74, 6) is -0.300. The first-order chi connectivity index (χ1) is 11.6. The lowest BCUT2D eigenvalue weighted by Crippen LogP contribution is -2.04. The van der Waals surface area contributed by atoms with Crippen molar-refractivity contribution >= 4 is 10.9 Å². The number of hydrogen-bond donors (Lipinski definition) is 2. The number of aromatic nitrogens is 5. The Kier molecular flexibility index (Phi) is 2.98. The van der Waals surface area contributed by atoms with E-state index in [1.165, 1.54) is 6.07 Å². The summed E-state index contributed by atoms with van der Waals surface area (Å²) in [5, 5.41) is 27.1. The Labute approximate surface area is 133 Å². The van der Waals surface area contributed by atoms with E-state index in [9.17, 15) is 15.0 Å². The minimum absolute atomic E-state index is 0.0396. The third kappa shape index (κ3) is 2.24. The molecule has 0 bridgehead atoms. The van der Waals surface area contributed by atoms with Crippen LogP contribution < -0.4 is 5.63 Å². The Bertz CT molecular complexity index is 1090. The lowest BCUT2D eigenvalue weighted by Gasteiger charge is -2.04. The molecule has 24 heavy (non-hydrogen) atoms. The molecule has 0 aliphatic rings. The van der Waals surface area contributed by atoms with Crippen LogP contribution in [0.2, 0.25) is 0 Å². The molecule has 0 aliphatic carbocycles. The van der Waals surface area contributed by atoms with Crippen molar-refractivity contribution in [2.75, 3.05) is 0 Å². The van der Waals surface area contributed by atoms with E-state index in [0.29, 0.717) is 5.82 Å². The molecule has 9 heteroatoms. The van der Waals surface area contributed by atoms with E-state index in [0.717, 1.165) is 6.07 Å². The van der Waals surface area contributed by atoms with Crippen molar-refractivity contribution in [3.8, 4) is 28.9 Å². The van der Waals surface area contributed by atoms with Crippen molar-refractivity contribution in [1.29, 1.82) is 0 Å². The smallest absolute Gasteiger partial charge is 0.347 e. The molecule has 2 N–H and O–H groups in total. The molecule has 4 rings (SSSR count). The van der Waals surface area contributed by atoms with E-state index in [2.05, 4.69) is 20.2 Å². The summed E-state index contributed by atoms with van der Waals surface area (Å²) in [5.41, 5.74) is -0.270. The van der Waals surface area contributed by atoms with E-state index in [4.69, 9.17) is 4.42 Å². The van der Waals surface area contributed by atoms with Gasteiger partial charge in [0.25, 0.3) is 5.89 Å².